The van der Waals surface area contributed by atoms with Gasteiger partial charge in [0.1, 0.15) is 18.0 Å². The van der Waals surface area contributed by atoms with Crippen molar-refractivity contribution in [3.63, 3.8) is 0 Å². The average molecular weight is 358 g/mol. The third-order valence-corrected chi connectivity index (χ3v) is 4.78. The molecule has 26 heavy (non-hydrogen) atoms. The number of anilines is 2. The molecule has 0 bridgehead atoms. The zero-order valence-corrected chi connectivity index (χ0v) is 15.2. The van der Waals surface area contributed by atoms with E-state index in [1.807, 2.05) is 42.0 Å². The van der Waals surface area contributed by atoms with Crippen LogP contribution in [0.4, 0.5) is 11.4 Å². The molecule has 3 N–H and O–H groups in total. The van der Waals surface area contributed by atoms with Gasteiger partial charge in [-0.1, -0.05) is 0 Å². The van der Waals surface area contributed by atoms with E-state index in [1.165, 1.54) is 0 Å². The summed E-state index contributed by atoms with van der Waals surface area (Å²) in [4.78, 5) is 18.0. The summed E-state index contributed by atoms with van der Waals surface area (Å²) in [6.07, 6.45) is 3.10. The van der Waals surface area contributed by atoms with Crippen molar-refractivity contribution in [2.75, 3.05) is 16.8 Å². The number of carbonyl (C=O) groups is 1. The van der Waals surface area contributed by atoms with Crippen LogP contribution in [0, 0.1) is 0 Å². The van der Waals surface area contributed by atoms with Crippen LogP contribution in [0.3, 0.4) is 0 Å². The molecule has 3 rings (SSSR count). The van der Waals surface area contributed by atoms with Crippen molar-refractivity contribution in [2.45, 2.75) is 51.5 Å². The average Bonchev–Trinajstić information content (AvgIpc) is 3.28. The van der Waals surface area contributed by atoms with Gasteiger partial charge in [-0.2, -0.15) is 0 Å². The molecule has 7 heteroatoms. The van der Waals surface area contributed by atoms with Gasteiger partial charge >= 0.3 is 0 Å². The Morgan fingerprint density at radius 1 is 1.27 bits per heavy atom. The van der Waals surface area contributed by atoms with E-state index < -0.39 is 18.2 Å². The van der Waals surface area contributed by atoms with Crippen LogP contribution in [0.5, 0.6) is 0 Å². The first-order valence-electron chi connectivity index (χ1n) is 9.05. The van der Waals surface area contributed by atoms with Gasteiger partial charge in [-0.25, -0.2) is 4.98 Å². The summed E-state index contributed by atoms with van der Waals surface area (Å²) >= 11 is 0. The first-order valence-corrected chi connectivity index (χ1v) is 9.05. The number of aromatic nitrogens is 2. The number of nitrogens with zero attached hydrogens (tertiary/aromatic N) is 3. The predicted octanol–water partition coefficient (Wildman–Crippen LogP) is 1.92. The highest BCUT2D eigenvalue weighted by Gasteiger charge is 2.29. The standard InChI is InChI=1S/C19H26N4O3/c1-3-22-12-10-20-19(22)17(18(26)13(2)24)21-14-6-8-15(9-7-14)23-11-4-5-16(23)25/h6-10,12-13,17-18,21,24,26H,3-5,11H2,1-2H3/t13-,17-,18+/m0/s1. The number of imidazole rings is 1. The van der Waals surface area contributed by atoms with E-state index in [2.05, 4.69) is 10.3 Å². The van der Waals surface area contributed by atoms with Gasteiger partial charge in [0, 0.05) is 43.3 Å². The smallest absolute Gasteiger partial charge is 0.227 e. The van der Waals surface area contributed by atoms with Gasteiger partial charge in [0.25, 0.3) is 0 Å². The molecule has 1 amide bonds. The Bertz CT molecular complexity index is 741. The maximum absolute atomic E-state index is 11.9. The summed E-state index contributed by atoms with van der Waals surface area (Å²) in [6.45, 7) is 5.03. The Balaban J connectivity index is 1.81. The second-order valence-electron chi connectivity index (χ2n) is 6.62. The van der Waals surface area contributed by atoms with Crippen molar-refractivity contribution >= 4 is 17.3 Å². The number of aliphatic hydroxyl groups excluding tert-OH is 2. The molecule has 1 saturated heterocycles. The van der Waals surface area contributed by atoms with Crippen LogP contribution in [0.1, 0.15) is 38.6 Å². The molecule has 0 radical (unpaired) electrons. The summed E-state index contributed by atoms with van der Waals surface area (Å²) in [7, 11) is 0. The van der Waals surface area contributed by atoms with Gasteiger partial charge in [-0.15, -0.1) is 0 Å². The van der Waals surface area contributed by atoms with Crippen LogP contribution in [0.25, 0.3) is 0 Å². The van der Waals surface area contributed by atoms with Gasteiger partial charge in [0.15, 0.2) is 0 Å². The van der Waals surface area contributed by atoms with Gasteiger partial charge in [-0.05, 0) is 44.5 Å². The van der Waals surface area contributed by atoms with Crippen LogP contribution in [0.2, 0.25) is 0 Å². The fraction of sp³-hybridized carbons (Fsp3) is 0.474. The number of aryl methyl sites for hydroxylation is 1. The zero-order valence-electron chi connectivity index (χ0n) is 15.2. The lowest BCUT2D eigenvalue weighted by Crippen LogP contribution is -2.36. The number of benzene rings is 1. The van der Waals surface area contributed by atoms with Crippen molar-refractivity contribution in [1.29, 1.82) is 0 Å². The molecule has 7 nitrogen and oxygen atoms in total. The minimum Gasteiger partial charge on any atom is -0.391 e. The Kier molecular flexibility index (Phi) is 5.58. The lowest BCUT2D eigenvalue weighted by Gasteiger charge is -2.27. The minimum atomic E-state index is -1.01. The van der Waals surface area contributed by atoms with E-state index in [4.69, 9.17) is 0 Å². The summed E-state index contributed by atoms with van der Waals surface area (Å²) in [5.41, 5.74) is 1.66. The third-order valence-electron chi connectivity index (χ3n) is 4.78. The van der Waals surface area contributed by atoms with Crippen molar-refractivity contribution in [3.05, 3.63) is 42.5 Å². The highest BCUT2D eigenvalue weighted by molar-refractivity contribution is 5.95. The highest BCUT2D eigenvalue weighted by Crippen LogP contribution is 2.27. The Labute approximate surface area is 153 Å². The number of rotatable bonds is 7. The topological polar surface area (TPSA) is 90.6 Å². The van der Waals surface area contributed by atoms with Gasteiger partial charge in [0.05, 0.1) is 6.10 Å². The molecular formula is C19H26N4O3. The Hall–Kier alpha value is -2.38. The van der Waals surface area contributed by atoms with Crippen LogP contribution < -0.4 is 10.2 Å². The predicted molar refractivity (Wildman–Crippen MR) is 100.0 cm³/mol. The van der Waals surface area contributed by atoms with E-state index in [0.29, 0.717) is 12.2 Å². The van der Waals surface area contributed by atoms with Gasteiger partial charge in [-0.3, -0.25) is 4.79 Å². The van der Waals surface area contributed by atoms with Crippen LogP contribution in [0.15, 0.2) is 36.7 Å². The van der Waals surface area contributed by atoms with E-state index >= 15 is 0 Å². The number of aliphatic hydroxyl groups is 2. The minimum absolute atomic E-state index is 0.151. The fourth-order valence-corrected chi connectivity index (χ4v) is 3.29. The quantitative estimate of drug-likeness (QED) is 0.703. The SMILES string of the molecule is CCn1ccnc1[C@@H](Nc1ccc(N2CCCC2=O)cc1)[C@H](O)[C@H](C)O. The third kappa shape index (κ3) is 3.73. The molecule has 3 atom stereocenters. The second-order valence-corrected chi connectivity index (χ2v) is 6.62. The lowest BCUT2D eigenvalue weighted by molar-refractivity contribution is -0.117. The molecule has 140 valence electrons. The maximum atomic E-state index is 11.9. The molecule has 1 aliphatic rings. The van der Waals surface area contributed by atoms with E-state index in [0.717, 1.165) is 30.9 Å². The molecule has 1 aliphatic heterocycles. The van der Waals surface area contributed by atoms with Gasteiger partial charge in [0.2, 0.25) is 5.91 Å². The Morgan fingerprint density at radius 3 is 2.58 bits per heavy atom. The number of nitrogens with one attached hydrogen (secondary N) is 1. The molecular weight excluding hydrogens is 332 g/mol. The van der Waals surface area contributed by atoms with Crippen LogP contribution >= 0.6 is 0 Å². The molecule has 0 aliphatic carbocycles. The van der Waals surface area contributed by atoms with Crippen molar-refractivity contribution in [2.24, 2.45) is 0 Å². The molecule has 0 saturated carbocycles. The summed E-state index contributed by atoms with van der Waals surface area (Å²) in [5.74, 6) is 0.817. The van der Waals surface area contributed by atoms with Crippen LogP contribution in [-0.4, -0.2) is 44.4 Å². The van der Waals surface area contributed by atoms with Crippen LogP contribution in [-0.2, 0) is 11.3 Å². The highest BCUT2D eigenvalue weighted by atomic mass is 16.3. The lowest BCUT2D eigenvalue weighted by atomic mass is 10.0. The normalized spacial score (nSPS) is 18.0. The first kappa shape index (κ1) is 18.4. The maximum Gasteiger partial charge on any atom is 0.227 e. The molecule has 0 unspecified atom stereocenters. The summed E-state index contributed by atoms with van der Waals surface area (Å²) in [5, 5.41) is 23.6. The van der Waals surface area contributed by atoms with Gasteiger partial charge < -0.3 is 25.0 Å². The molecule has 0 spiro atoms. The number of amides is 1. The molecule has 1 fully saturated rings. The molecule has 2 aromatic rings. The molecule has 2 heterocycles. The molecule has 1 aromatic carbocycles. The largest absolute Gasteiger partial charge is 0.391 e. The number of hydrogen-bond donors (Lipinski definition) is 3. The number of carbonyl (C=O) groups excluding carboxylic acids is 1. The Morgan fingerprint density at radius 2 is 2.00 bits per heavy atom. The monoisotopic (exact) mass is 358 g/mol. The van der Waals surface area contributed by atoms with Crippen molar-refractivity contribution < 1.29 is 15.0 Å². The fourth-order valence-electron chi connectivity index (χ4n) is 3.29. The number of hydrogen-bond acceptors (Lipinski definition) is 5. The van der Waals surface area contributed by atoms with Crippen molar-refractivity contribution in [1.82, 2.24) is 9.55 Å². The molecule has 1 aromatic heterocycles. The van der Waals surface area contributed by atoms with E-state index in [1.54, 1.807) is 18.0 Å². The second kappa shape index (κ2) is 7.88. The van der Waals surface area contributed by atoms with Crippen molar-refractivity contribution in [3.8, 4) is 0 Å². The zero-order chi connectivity index (χ0) is 18.7. The summed E-state index contributed by atoms with van der Waals surface area (Å²) in [6, 6.07) is 6.99. The van der Waals surface area contributed by atoms with E-state index in [-0.39, 0.29) is 5.91 Å². The summed E-state index contributed by atoms with van der Waals surface area (Å²) < 4.78 is 1.93. The first-order chi connectivity index (χ1) is 12.5. The van der Waals surface area contributed by atoms with E-state index in [9.17, 15) is 15.0 Å².